The number of oxime groups is 1. The lowest BCUT2D eigenvalue weighted by atomic mass is 10.1. The van der Waals surface area contributed by atoms with Gasteiger partial charge < -0.3 is 14.3 Å². The Balaban J connectivity index is 0.00000218. The van der Waals surface area contributed by atoms with Crippen LogP contribution < -0.4 is 9.80 Å². The molecule has 9 nitrogen and oxygen atoms in total. The maximum atomic E-state index is 11.9. The third kappa shape index (κ3) is 6.15. The van der Waals surface area contributed by atoms with Crippen LogP contribution in [-0.2, 0) is 21.0 Å². The van der Waals surface area contributed by atoms with Crippen molar-refractivity contribution in [2.75, 3.05) is 26.4 Å². The molecule has 0 fully saturated rings. The molecule has 30 heavy (non-hydrogen) atoms. The Hall–Kier alpha value is -3.20. The largest absolute Gasteiger partial charge is 0.472 e. The molecule has 1 aromatic heterocycles. The molecule has 2 aromatic rings. The molecule has 0 bridgehead atoms. The molecule has 0 saturated heterocycles. The van der Waals surface area contributed by atoms with Crippen molar-refractivity contribution < 1.29 is 23.9 Å². The van der Waals surface area contributed by atoms with E-state index in [0.717, 1.165) is 10.6 Å². The molecular weight excluding hydrogens is 388 g/mol. The van der Waals surface area contributed by atoms with Crippen molar-refractivity contribution in [3.05, 3.63) is 46.9 Å². The Morgan fingerprint density at radius 2 is 1.77 bits per heavy atom. The highest BCUT2D eigenvalue weighted by Gasteiger charge is 2.20. The number of nitrogens with zero attached hydrogens (tertiary/aromatic N) is 4. The summed E-state index contributed by atoms with van der Waals surface area (Å²) in [5.41, 5.74) is 3.22. The number of carbonyl (C=O) groups is 1. The number of anilines is 1. The van der Waals surface area contributed by atoms with Crippen LogP contribution >= 0.6 is 0 Å². The summed E-state index contributed by atoms with van der Waals surface area (Å²) in [4.78, 5) is 30.7. The smallest absolute Gasteiger partial charge is 0.438 e. The number of amides is 1. The summed E-state index contributed by atoms with van der Waals surface area (Å²) in [6.45, 7) is 9.57. The number of para-hydroxylation sites is 1. The molecule has 0 atom stereocenters. The minimum absolute atomic E-state index is 0.157. The van der Waals surface area contributed by atoms with Gasteiger partial charge in [-0.05, 0) is 26.8 Å². The van der Waals surface area contributed by atoms with Crippen molar-refractivity contribution in [1.82, 2.24) is 9.97 Å². The minimum atomic E-state index is -0.641. The Kier molecular flexibility index (Phi) is 10.3. The summed E-state index contributed by atoms with van der Waals surface area (Å²) in [6.07, 6.45) is -0.641. The number of rotatable bonds is 7. The van der Waals surface area contributed by atoms with Gasteiger partial charge in [-0.1, -0.05) is 37.2 Å². The van der Waals surface area contributed by atoms with Crippen molar-refractivity contribution in [3.63, 3.8) is 0 Å². The van der Waals surface area contributed by atoms with Crippen LogP contribution in [0, 0.1) is 13.8 Å². The highest BCUT2D eigenvalue weighted by Crippen LogP contribution is 2.25. The summed E-state index contributed by atoms with van der Waals surface area (Å²) >= 11 is 0. The van der Waals surface area contributed by atoms with Crippen molar-refractivity contribution >= 4 is 17.5 Å². The zero-order chi connectivity index (χ0) is 22.7. The van der Waals surface area contributed by atoms with Gasteiger partial charge in [0.2, 0.25) is 5.88 Å². The Morgan fingerprint density at radius 1 is 1.10 bits per heavy atom. The van der Waals surface area contributed by atoms with Crippen LogP contribution in [0.25, 0.3) is 0 Å². The van der Waals surface area contributed by atoms with Crippen LogP contribution in [0.5, 0.6) is 5.88 Å². The number of methoxy groups -OCH3 is 1. The number of ether oxygens (including phenoxy) is 2. The van der Waals surface area contributed by atoms with E-state index in [1.54, 1.807) is 26.0 Å². The average Bonchev–Trinajstić information content (AvgIpc) is 2.76. The maximum absolute atomic E-state index is 11.9. The highest BCUT2D eigenvalue weighted by molar-refractivity contribution is 5.98. The predicted molar refractivity (Wildman–Crippen MR) is 115 cm³/mol. The van der Waals surface area contributed by atoms with Gasteiger partial charge in [0.05, 0.1) is 25.6 Å². The van der Waals surface area contributed by atoms with Crippen LogP contribution in [0.3, 0.4) is 0 Å². The van der Waals surface area contributed by atoms with E-state index < -0.39 is 6.09 Å². The summed E-state index contributed by atoms with van der Waals surface area (Å²) in [6, 6.07) is 7.19. The Bertz CT molecular complexity index is 870. The van der Waals surface area contributed by atoms with E-state index in [4.69, 9.17) is 19.1 Å². The normalized spacial score (nSPS) is 10.6. The van der Waals surface area contributed by atoms with E-state index >= 15 is 0 Å². The second kappa shape index (κ2) is 12.4. The maximum Gasteiger partial charge on any atom is 0.438 e. The second-order valence-electron chi connectivity index (χ2n) is 5.77. The minimum Gasteiger partial charge on any atom is -0.472 e. The van der Waals surface area contributed by atoms with E-state index in [9.17, 15) is 4.79 Å². The number of benzene rings is 1. The SMILES string of the molecule is CC.CO/N=C(/C)c1nc(C)nc(OCc2ccccc2N(OC)C(=O)OC)c1C. The molecule has 0 spiro atoms. The Morgan fingerprint density at radius 3 is 2.37 bits per heavy atom. The topological polar surface area (TPSA) is 95.4 Å². The molecule has 164 valence electrons. The first-order valence-corrected chi connectivity index (χ1v) is 9.49. The van der Waals surface area contributed by atoms with E-state index in [-0.39, 0.29) is 6.61 Å². The summed E-state index contributed by atoms with van der Waals surface area (Å²) < 4.78 is 10.7. The molecule has 0 aliphatic rings. The summed E-state index contributed by atoms with van der Waals surface area (Å²) in [5, 5.41) is 4.98. The zero-order valence-electron chi connectivity index (χ0n) is 18.8. The third-order valence-electron chi connectivity index (χ3n) is 3.88. The lowest BCUT2D eigenvalue weighted by molar-refractivity contribution is 0.115. The number of hydrogen-bond acceptors (Lipinski definition) is 8. The van der Waals surface area contributed by atoms with E-state index in [0.29, 0.717) is 34.4 Å². The van der Waals surface area contributed by atoms with Gasteiger partial charge in [-0.25, -0.2) is 9.78 Å². The fourth-order valence-corrected chi connectivity index (χ4v) is 2.61. The highest BCUT2D eigenvalue weighted by atomic mass is 16.7. The molecular formula is C21H30N4O5. The van der Waals surface area contributed by atoms with Crippen molar-refractivity contribution in [2.45, 2.75) is 41.2 Å². The number of carbonyl (C=O) groups excluding carboxylic acids is 1. The first kappa shape index (κ1) is 24.8. The summed E-state index contributed by atoms with van der Waals surface area (Å²) in [5.74, 6) is 0.965. The molecule has 2 rings (SSSR count). The van der Waals surface area contributed by atoms with Gasteiger partial charge in [0, 0.05) is 11.1 Å². The van der Waals surface area contributed by atoms with Gasteiger partial charge >= 0.3 is 6.09 Å². The van der Waals surface area contributed by atoms with Crippen LogP contribution in [0.15, 0.2) is 29.4 Å². The standard InChI is InChI=1S/C19H24N4O5.C2H6/c1-12-17(13(2)22-26-5)20-14(3)21-18(12)28-11-15-9-7-8-10-16(15)23(27-6)19(24)25-4;1-2/h7-10H,11H2,1-6H3;1-2H3/b22-13-;. The first-order valence-electron chi connectivity index (χ1n) is 9.49. The monoisotopic (exact) mass is 418 g/mol. The van der Waals surface area contributed by atoms with Crippen LogP contribution in [0.4, 0.5) is 10.5 Å². The number of aromatic nitrogens is 2. The molecule has 9 heteroatoms. The molecule has 1 amide bonds. The van der Waals surface area contributed by atoms with Crippen molar-refractivity contribution in [1.29, 1.82) is 0 Å². The van der Waals surface area contributed by atoms with Crippen molar-refractivity contribution in [3.8, 4) is 5.88 Å². The fourth-order valence-electron chi connectivity index (χ4n) is 2.61. The van der Waals surface area contributed by atoms with Crippen LogP contribution in [0.2, 0.25) is 0 Å². The van der Waals surface area contributed by atoms with Gasteiger partial charge in [0.1, 0.15) is 25.3 Å². The van der Waals surface area contributed by atoms with E-state index in [2.05, 4.69) is 15.1 Å². The quantitative estimate of drug-likeness (QED) is 0.491. The zero-order valence-corrected chi connectivity index (χ0v) is 18.8. The van der Waals surface area contributed by atoms with Gasteiger partial charge in [-0.2, -0.15) is 10.0 Å². The molecule has 0 saturated carbocycles. The number of hydroxylamine groups is 1. The molecule has 1 aromatic carbocycles. The van der Waals surface area contributed by atoms with E-state index in [1.165, 1.54) is 21.3 Å². The summed E-state index contributed by atoms with van der Waals surface area (Å²) in [7, 11) is 4.15. The van der Waals surface area contributed by atoms with Crippen LogP contribution in [0.1, 0.15) is 43.4 Å². The average molecular weight is 418 g/mol. The molecule has 0 aliphatic heterocycles. The van der Waals surface area contributed by atoms with Crippen molar-refractivity contribution in [2.24, 2.45) is 5.16 Å². The predicted octanol–water partition coefficient (Wildman–Crippen LogP) is 4.20. The second-order valence-corrected chi connectivity index (χ2v) is 5.77. The molecule has 0 aliphatic carbocycles. The molecule has 1 heterocycles. The fraction of sp³-hybridized carbons (Fsp3) is 0.429. The van der Waals surface area contributed by atoms with Crippen LogP contribution in [-0.4, -0.2) is 43.1 Å². The van der Waals surface area contributed by atoms with Gasteiger partial charge in [-0.3, -0.25) is 4.84 Å². The van der Waals surface area contributed by atoms with Gasteiger partial charge in [0.25, 0.3) is 0 Å². The first-order chi connectivity index (χ1) is 14.4. The molecule has 0 radical (unpaired) electrons. The lowest BCUT2D eigenvalue weighted by Gasteiger charge is -2.21. The molecule has 0 N–H and O–H groups in total. The third-order valence-corrected chi connectivity index (χ3v) is 3.88. The number of aryl methyl sites for hydroxylation is 1. The van der Waals surface area contributed by atoms with E-state index in [1.807, 2.05) is 32.9 Å². The molecule has 0 unspecified atom stereocenters. The Labute approximate surface area is 177 Å². The van der Waals surface area contributed by atoms with Gasteiger partial charge in [-0.15, -0.1) is 0 Å². The number of hydrogen-bond donors (Lipinski definition) is 0. The lowest BCUT2D eigenvalue weighted by Crippen LogP contribution is -2.30. The van der Waals surface area contributed by atoms with Gasteiger partial charge in [0.15, 0.2) is 0 Å².